The summed E-state index contributed by atoms with van der Waals surface area (Å²) in [7, 11) is 0. The van der Waals surface area contributed by atoms with E-state index >= 15 is 0 Å². The maximum absolute atomic E-state index is 13.0. The lowest BCUT2D eigenvalue weighted by Gasteiger charge is -2.28. The molecule has 0 aromatic heterocycles. The molecule has 1 aliphatic rings. The number of para-hydroxylation sites is 1. The molecule has 8 heteroatoms. The quantitative estimate of drug-likeness (QED) is 0.393. The number of amides is 2. The van der Waals surface area contributed by atoms with Crippen LogP contribution >= 0.6 is 11.6 Å². The van der Waals surface area contributed by atoms with Crippen molar-refractivity contribution in [2.75, 3.05) is 13.2 Å². The number of aliphatic hydroxyl groups is 2. The Morgan fingerprint density at radius 3 is 2.54 bits per heavy atom. The molecule has 1 fully saturated rings. The number of carbonyl (C=O) groups excluding carboxylic acids is 2. The lowest BCUT2D eigenvalue weighted by atomic mass is 10.0. The van der Waals surface area contributed by atoms with Crippen LogP contribution in [0.3, 0.4) is 0 Å². The molecule has 2 amide bonds. The molecule has 1 unspecified atom stereocenters. The summed E-state index contributed by atoms with van der Waals surface area (Å²) in [5.41, 5.74) is 3.60. The van der Waals surface area contributed by atoms with E-state index in [0.717, 1.165) is 34.4 Å². The van der Waals surface area contributed by atoms with Gasteiger partial charge in [-0.05, 0) is 54.7 Å². The van der Waals surface area contributed by atoms with E-state index in [1.54, 1.807) is 12.1 Å². The van der Waals surface area contributed by atoms with E-state index in [-0.39, 0.29) is 12.6 Å². The maximum Gasteiger partial charge on any atom is 0.255 e. The highest BCUT2D eigenvalue weighted by molar-refractivity contribution is 6.30. The number of halogens is 1. The van der Waals surface area contributed by atoms with Gasteiger partial charge in [-0.25, -0.2) is 0 Å². The van der Waals surface area contributed by atoms with E-state index in [2.05, 4.69) is 5.32 Å². The Labute approximate surface area is 221 Å². The van der Waals surface area contributed by atoms with E-state index in [4.69, 9.17) is 16.3 Å². The molecule has 3 aromatic carbocycles. The van der Waals surface area contributed by atoms with Gasteiger partial charge >= 0.3 is 0 Å². The Morgan fingerprint density at radius 1 is 1.05 bits per heavy atom. The van der Waals surface area contributed by atoms with Crippen molar-refractivity contribution in [3.8, 4) is 16.9 Å². The summed E-state index contributed by atoms with van der Waals surface area (Å²) in [5.74, 6) is -0.698. The molecule has 7 nitrogen and oxygen atoms in total. The number of nitrogens with zero attached hydrogens (tertiary/aromatic N) is 1. The smallest absolute Gasteiger partial charge is 0.255 e. The van der Waals surface area contributed by atoms with Gasteiger partial charge in [0.25, 0.3) is 11.8 Å². The minimum atomic E-state index is -1.88. The third kappa shape index (κ3) is 6.31. The van der Waals surface area contributed by atoms with Crippen molar-refractivity contribution in [3.05, 3.63) is 88.9 Å². The molecule has 37 heavy (non-hydrogen) atoms. The first-order valence-corrected chi connectivity index (χ1v) is 12.8. The number of likely N-dealkylation sites (tertiary alicyclic amines) is 1. The van der Waals surface area contributed by atoms with Gasteiger partial charge in [0.1, 0.15) is 5.75 Å². The third-order valence-corrected chi connectivity index (χ3v) is 6.74. The molecule has 3 N–H and O–H groups in total. The standard InChI is InChI=1S/C29H31ClN2O5/c1-2-37-25-11-4-3-9-23(25)20-14-12-19(13-15-20)18-31-28(35)26(33)27(34)29(36)32-16-6-10-24(32)21-7-5-8-22(30)17-21/h3-5,7-9,11-15,17,24,26-27,33-34H,2,6,10,16,18H2,1H3,(H,31,35)/t24?,26-,27-/m1/s1. The van der Waals surface area contributed by atoms with Gasteiger partial charge in [-0.1, -0.05) is 66.2 Å². The predicted molar refractivity (Wildman–Crippen MR) is 142 cm³/mol. The summed E-state index contributed by atoms with van der Waals surface area (Å²) in [6, 6.07) is 22.3. The first-order chi connectivity index (χ1) is 17.9. The summed E-state index contributed by atoms with van der Waals surface area (Å²) in [6.07, 6.45) is -2.28. The highest BCUT2D eigenvalue weighted by atomic mass is 35.5. The number of carbonyl (C=O) groups is 2. The van der Waals surface area contributed by atoms with Crippen LogP contribution in [0.2, 0.25) is 5.02 Å². The van der Waals surface area contributed by atoms with Crippen molar-refractivity contribution >= 4 is 23.4 Å². The van der Waals surface area contributed by atoms with Crippen molar-refractivity contribution < 1.29 is 24.5 Å². The van der Waals surface area contributed by atoms with Crippen molar-refractivity contribution in [3.63, 3.8) is 0 Å². The SMILES string of the molecule is CCOc1ccccc1-c1ccc(CNC(=O)[C@H](O)[C@@H](O)C(=O)N2CCCC2c2cccc(Cl)c2)cc1. The molecule has 0 spiro atoms. The lowest BCUT2D eigenvalue weighted by molar-refractivity contribution is -0.153. The molecule has 0 aliphatic carbocycles. The molecule has 194 valence electrons. The highest BCUT2D eigenvalue weighted by Gasteiger charge is 2.38. The fraction of sp³-hybridized carbons (Fsp3) is 0.310. The molecule has 0 bridgehead atoms. The predicted octanol–water partition coefficient (Wildman–Crippen LogP) is 4.11. The largest absolute Gasteiger partial charge is 0.493 e. The Kier molecular flexibility index (Phi) is 8.82. The zero-order valence-electron chi connectivity index (χ0n) is 20.6. The minimum absolute atomic E-state index is 0.138. The van der Waals surface area contributed by atoms with Crippen LogP contribution in [0.5, 0.6) is 5.75 Å². The fourth-order valence-electron chi connectivity index (χ4n) is 4.62. The number of aliphatic hydroxyl groups excluding tert-OH is 2. The van der Waals surface area contributed by atoms with E-state index in [9.17, 15) is 19.8 Å². The second-order valence-corrected chi connectivity index (χ2v) is 9.41. The molecule has 1 saturated heterocycles. The van der Waals surface area contributed by atoms with Gasteiger partial charge in [-0.2, -0.15) is 0 Å². The molecule has 3 aromatic rings. The number of benzene rings is 3. The minimum Gasteiger partial charge on any atom is -0.493 e. The van der Waals surface area contributed by atoms with Gasteiger partial charge in [0.2, 0.25) is 0 Å². The second-order valence-electron chi connectivity index (χ2n) is 8.98. The molecular formula is C29H31ClN2O5. The number of rotatable bonds is 9. The summed E-state index contributed by atoms with van der Waals surface area (Å²) in [5, 5.41) is 24.1. The Morgan fingerprint density at radius 2 is 1.81 bits per heavy atom. The molecule has 1 aliphatic heterocycles. The molecule has 0 saturated carbocycles. The normalized spacial score (nSPS) is 16.8. The highest BCUT2D eigenvalue weighted by Crippen LogP contribution is 2.34. The summed E-state index contributed by atoms with van der Waals surface area (Å²) < 4.78 is 5.70. The number of hydrogen-bond donors (Lipinski definition) is 3. The van der Waals surface area contributed by atoms with E-state index in [1.807, 2.05) is 67.6 Å². The summed E-state index contributed by atoms with van der Waals surface area (Å²) in [4.78, 5) is 27.0. The van der Waals surface area contributed by atoms with Gasteiger partial charge < -0.3 is 25.2 Å². The Balaban J connectivity index is 1.35. The average molecular weight is 523 g/mol. The van der Waals surface area contributed by atoms with Crippen molar-refractivity contribution in [1.29, 1.82) is 0 Å². The van der Waals surface area contributed by atoms with Gasteiger partial charge in [0.15, 0.2) is 12.2 Å². The zero-order chi connectivity index (χ0) is 26.4. The van der Waals surface area contributed by atoms with Crippen LogP contribution in [0.15, 0.2) is 72.8 Å². The van der Waals surface area contributed by atoms with Crippen LogP contribution in [0, 0.1) is 0 Å². The lowest BCUT2D eigenvalue weighted by Crippen LogP contribution is -2.50. The second kappa shape index (κ2) is 12.2. The van der Waals surface area contributed by atoms with Crippen LogP contribution in [0.1, 0.15) is 36.9 Å². The van der Waals surface area contributed by atoms with Crippen molar-refractivity contribution in [2.24, 2.45) is 0 Å². The van der Waals surface area contributed by atoms with E-state index in [0.29, 0.717) is 24.6 Å². The van der Waals surface area contributed by atoms with Crippen LogP contribution in [-0.4, -0.2) is 52.3 Å². The number of ether oxygens (including phenoxy) is 1. The molecule has 4 rings (SSSR count). The topological polar surface area (TPSA) is 99.1 Å². The number of hydrogen-bond acceptors (Lipinski definition) is 5. The third-order valence-electron chi connectivity index (χ3n) is 6.51. The van der Waals surface area contributed by atoms with Gasteiger partial charge in [-0.3, -0.25) is 9.59 Å². The van der Waals surface area contributed by atoms with Crippen molar-refractivity contribution in [2.45, 2.75) is 44.6 Å². The first-order valence-electron chi connectivity index (χ1n) is 12.4. The van der Waals surface area contributed by atoms with Crippen LogP contribution in [0.25, 0.3) is 11.1 Å². The Hall–Kier alpha value is -3.39. The van der Waals surface area contributed by atoms with E-state index < -0.39 is 24.0 Å². The Bertz CT molecular complexity index is 1230. The van der Waals surface area contributed by atoms with Crippen molar-refractivity contribution in [1.82, 2.24) is 10.2 Å². The molecular weight excluding hydrogens is 492 g/mol. The number of nitrogens with one attached hydrogen (secondary N) is 1. The molecule has 3 atom stereocenters. The monoisotopic (exact) mass is 522 g/mol. The van der Waals surface area contributed by atoms with Gasteiger partial charge in [0, 0.05) is 23.7 Å². The maximum atomic E-state index is 13.0. The van der Waals surface area contributed by atoms with Gasteiger partial charge in [-0.15, -0.1) is 0 Å². The van der Waals surface area contributed by atoms with Crippen LogP contribution < -0.4 is 10.1 Å². The zero-order valence-corrected chi connectivity index (χ0v) is 21.4. The fourth-order valence-corrected chi connectivity index (χ4v) is 4.82. The first kappa shape index (κ1) is 26.7. The molecule has 0 radical (unpaired) electrons. The van der Waals surface area contributed by atoms with E-state index in [1.165, 1.54) is 4.90 Å². The summed E-state index contributed by atoms with van der Waals surface area (Å²) >= 11 is 6.10. The average Bonchev–Trinajstić information content (AvgIpc) is 3.41. The summed E-state index contributed by atoms with van der Waals surface area (Å²) in [6.45, 7) is 3.07. The van der Waals surface area contributed by atoms with Crippen LogP contribution in [0.4, 0.5) is 0 Å². The van der Waals surface area contributed by atoms with Crippen LogP contribution in [-0.2, 0) is 16.1 Å². The van der Waals surface area contributed by atoms with Gasteiger partial charge in [0.05, 0.1) is 12.6 Å². The molecule has 1 heterocycles.